The Labute approximate surface area is 153 Å². The highest BCUT2D eigenvalue weighted by Gasteiger charge is 2.13. The van der Waals surface area contributed by atoms with E-state index in [1.165, 1.54) is 29.3 Å². The lowest BCUT2D eigenvalue weighted by atomic mass is 10.1. The summed E-state index contributed by atoms with van der Waals surface area (Å²) in [4.78, 5) is 24.9. The number of fused-ring (bicyclic) bond motifs is 1. The van der Waals surface area contributed by atoms with Gasteiger partial charge >= 0.3 is 5.97 Å². The van der Waals surface area contributed by atoms with E-state index in [1.807, 2.05) is 6.07 Å². The summed E-state index contributed by atoms with van der Waals surface area (Å²) in [5.74, 6) is -0.360. The van der Waals surface area contributed by atoms with Crippen LogP contribution in [0.2, 0.25) is 0 Å². The number of carbonyl (C=O) groups is 2. The molecule has 1 aliphatic carbocycles. The van der Waals surface area contributed by atoms with E-state index >= 15 is 0 Å². The monoisotopic (exact) mass is 404 g/mol. The molecule has 3 rings (SSSR count). The lowest BCUT2D eigenvalue weighted by Gasteiger charge is -2.06. The number of rotatable bonds is 6. The third-order valence-corrected chi connectivity index (χ3v) is 5.40. The zero-order valence-corrected chi connectivity index (χ0v) is 15.5. The van der Waals surface area contributed by atoms with Crippen LogP contribution in [0.5, 0.6) is 0 Å². The van der Waals surface area contributed by atoms with E-state index in [4.69, 9.17) is 4.74 Å². The number of esters is 1. The van der Waals surface area contributed by atoms with Gasteiger partial charge in [0.2, 0.25) is 0 Å². The van der Waals surface area contributed by atoms with Gasteiger partial charge in [0.1, 0.15) is 0 Å². The Hall–Kier alpha value is -1.59. The van der Waals surface area contributed by atoms with Gasteiger partial charge < -0.3 is 4.74 Å². The van der Waals surface area contributed by atoms with E-state index in [1.54, 1.807) is 18.2 Å². The molecule has 24 heavy (non-hydrogen) atoms. The van der Waals surface area contributed by atoms with E-state index in [9.17, 15) is 9.59 Å². The fourth-order valence-electron chi connectivity index (χ4n) is 2.71. The highest BCUT2D eigenvalue weighted by Crippen LogP contribution is 2.27. The van der Waals surface area contributed by atoms with Crippen molar-refractivity contribution in [1.29, 1.82) is 0 Å². The summed E-state index contributed by atoms with van der Waals surface area (Å²) in [6.45, 7) is -0.222. The maximum Gasteiger partial charge on any atom is 0.316 e. The third-order valence-electron chi connectivity index (χ3n) is 3.94. The number of benzene rings is 2. The Morgan fingerprint density at radius 2 is 1.92 bits per heavy atom. The van der Waals surface area contributed by atoms with Crippen LogP contribution in [-0.2, 0) is 22.4 Å². The van der Waals surface area contributed by atoms with Crippen molar-refractivity contribution in [3.8, 4) is 0 Å². The summed E-state index contributed by atoms with van der Waals surface area (Å²) >= 11 is 4.77. The predicted octanol–water partition coefficient (Wildman–Crippen LogP) is 4.46. The lowest BCUT2D eigenvalue weighted by Crippen LogP contribution is -2.15. The molecule has 0 bridgehead atoms. The molecule has 0 aromatic heterocycles. The molecule has 124 valence electrons. The number of carbonyl (C=O) groups excluding carboxylic acids is 2. The predicted molar refractivity (Wildman–Crippen MR) is 98.6 cm³/mol. The maximum absolute atomic E-state index is 12.0. The molecule has 0 spiro atoms. The molecule has 0 unspecified atom stereocenters. The van der Waals surface area contributed by atoms with Gasteiger partial charge in [-0.2, -0.15) is 0 Å². The maximum atomic E-state index is 12.0. The van der Waals surface area contributed by atoms with Crippen molar-refractivity contribution in [3.63, 3.8) is 0 Å². The summed E-state index contributed by atoms with van der Waals surface area (Å²) in [5.41, 5.74) is 3.34. The first-order valence-corrected chi connectivity index (χ1v) is 9.59. The molecule has 0 N–H and O–H groups in total. The lowest BCUT2D eigenvalue weighted by molar-refractivity contribution is -0.139. The number of hydrogen-bond donors (Lipinski definition) is 0. The van der Waals surface area contributed by atoms with Gasteiger partial charge in [0.25, 0.3) is 0 Å². The molecule has 5 heteroatoms. The molecule has 0 aliphatic heterocycles. The number of ketones is 1. The summed E-state index contributed by atoms with van der Waals surface area (Å²) < 4.78 is 5.91. The average Bonchev–Trinajstić information content (AvgIpc) is 3.05. The van der Waals surface area contributed by atoms with Crippen molar-refractivity contribution < 1.29 is 14.3 Å². The summed E-state index contributed by atoms with van der Waals surface area (Å²) in [6.07, 6.45) is 3.48. The van der Waals surface area contributed by atoms with Crippen molar-refractivity contribution >= 4 is 39.4 Å². The highest BCUT2D eigenvalue weighted by molar-refractivity contribution is 9.10. The quantitative estimate of drug-likeness (QED) is 0.405. The van der Waals surface area contributed by atoms with Gasteiger partial charge in [-0.25, -0.2) is 0 Å². The molecule has 2 aromatic carbocycles. The highest BCUT2D eigenvalue weighted by atomic mass is 79.9. The first-order valence-electron chi connectivity index (χ1n) is 7.81. The van der Waals surface area contributed by atoms with Gasteiger partial charge in [0.15, 0.2) is 12.4 Å². The molecule has 2 aromatic rings. The smallest absolute Gasteiger partial charge is 0.316 e. The van der Waals surface area contributed by atoms with Crippen molar-refractivity contribution in [3.05, 3.63) is 63.6 Å². The molecule has 0 heterocycles. The Kier molecular flexibility index (Phi) is 5.74. The van der Waals surface area contributed by atoms with Crippen molar-refractivity contribution in [1.82, 2.24) is 0 Å². The van der Waals surface area contributed by atoms with E-state index < -0.39 is 0 Å². The van der Waals surface area contributed by atoms with E-state index in [0.29, 0.717) is 5.56 Å². The van der Waals surface area contributed by atoms with Gasteiger partial charge in [-0.3, -0.25) is 9.59 Å². The average molecular weight is 405 g/mol. The number of aryl methyl sites for hydroxylation is 2. The largest absolute Gasteiger partial charge is 0.457 e. The van der Waals surface area contributed by atoms with Crippen LogP contribution in [-0.4, -0.2) is 24.1 Å². The second-order valence-electron chi connectivity index (χ2n) is 5.67. The molecule has 0 saturated heterocycles. The van der Waals surface area contributed by atoms with Crippen LogP contribution in [0.3, 0.4) is 0 Å². The molecule has 1 aliphatic rings. The van der Waals surface area contributed by atoms with Gasteiger partial charge in [-0.15, -0.1) is 11.8 Å². The minimum atomic E-state index is -0.371. The van der Waals surface area contributed by atoms with Crippen LogP contribution in [0.1, 0.15) is 27.9 Å². The second-order valence-corrected chi connectivity index (χ2v) is 7.63. The molecule has 0 fully saturated rings. The minimum Gasteiger partial charge on any atom is -0.457 e. The Morgan fingerprint density at radius 3 is 2.75 bits per heavy atom. The number of Topliss-reactive ketones (excluding diaryl/α,β-unsaturated/α-hetero) is 1. The minimum absolute atomic E-state index is 0.202. The van der Waals surface area contributed by atoms with Gasteiger partial charge in [0.05, 0.1) is 5.75 Å². The van der Waals surface area contributed by atoms with Crippen LogP contribution in [0.25, 0.3) is 0 Å². The molecule has 0 amide bonds. The topological polar surface area (TPSA) is 43.4 Å². The Balaban J connectivity index is 1.47. The van der Waals surface area contributed by atoms with Crippen LogP contribution in [0.4, 0.5) is 0 Å². The van der Waals surface area contributed by atoms with Crippen LogP contribution in [0.15, 0.2) is 51.8 Å². The second kappa shape index (κ2) is 7.99. The van der Waals surface area contributed by atoms with Crippen molar-refractivity contribution in [2.45, 2.75) is 24.2 Å². The van der Waals surface area contributed by atoms with Crippen molar-refractivity contribution in [2.75, 3.05) is 12.4 Å². The molecule has 0 radical (unpaired) electrons. The van der Waals surface area contributed by atoms with Crippen LogP contribution < -0.4 is 0 Å². The van der Waals surface area contributed by atoms with E-state index in [-0.39, 0.29) is 24.1 Å². The Bertz CT molecular complexity index is 773. The number of thioether (sulfide) groups is 1. The van der Waals surface area contributed by atoms with Gasteiger partial charge in [0, 0.05) is 14.9 Å². The van der Waals surface area contributed by atoms with Gasteiger partial charge in [-0.1, -0.05) is 34.1 Å². The van der Waals surface area contributed by atoms with Crippen molar-refractivity contribution in [2.24, 2.45) is 0 Å². The number of hydrogen-bond acceptors (Lipinski definition) is 4. The Morgan fingerprint density at radius 1 is 1.08 bits per heavy atom. The van der Waals surface area contributed by atoms with E-state index in [2.05, 4.69) is 34.1 Å². The fourth-order valence-corrected chi connectivity index (χ4v) is 3.87. The molecule has 0 saturated carbocycles. The van der Waals surface area contributed by atoms with E-state index in [0.717, 1.165) is 22.2 Å². The summed E-state index contributed by atoms with van der Waals surface area (Å²) in [7, 11) is 0. The third kappa shape index (κ3) is 4.48. The van der Waals surface area contributed by atoms with Gasteiger partial charge in [-0.05, 0) is 54.7 Å². The summed E-state index contributed by atoms with van der Waals surface area (Å²) in [5, 5.41) is 0. The molecular formula is C19H17BrO3S. The zero-order chi connectivity index (χ0) is 16.9. The summed E-state index contributed by atoms with van der Waals surface area (Å²) in [6, 6.07) is 13.4. The normalized spacial score (nSPS) is 12.7. The molecule has 0 atom stereocenters. The fraction of sp³-hybridized carbons (Fsp3) is 0.263. The first-order chi connectivity index (χ1) is 11.6. The standard InChI is InChI=1S/C19H17BrO3S/c20-16-6-2-5-15(9-16)18(21)11-23-19(22)12-24-17-8-7-13-3-1-4-14(13)10-17/h2,5-10H,1,3-4,11-12H2. The molecule has 3 nitrogen and oxygen atoms in total. The zero-order valence-electron chi connectivity index (χ0n) is 13.1. The number of ether oxygens (including phenoxy) is 1. The van der Waals surface area contributed by atoms with Crippen LogP contribution in [0, 0.1) is 0 Å². The SMILES string of the molecule is O=C(CSc1ccc2c(c1)CCC2)OCC(=O)c1cccc(Br)c1. The molecular weight excluding hydrogens is 388 g/mol. The number of halogens is 1. The first kappa shape index (κ1) is 17.2. The van der Waals surface area contributed by atoms with Crippen LogP contribution >= 0.6 is 27.7 Å².